The van der Waals surface area contributed by atoms with E-state index >= 15 is 0 Å². The first-order valence-corrected chi connectivity index (χ1v) is 6.64. The maximum atomic E-state index is 12.8. The molecule has 0 fully saturated rings. The van der Waals surface area contributed by atoms with Crippen molar-refractivity contribution in [1.29, 1.82) is 0 Å². The summed E-state index contributed by atoms with van der Waals surface area (Å²) in [4.78, 5) is 12.6. The largest absolute Gasteiger partial charge is 0.273 e. The van der Waals surface area contributed by atoms with Gasteiger partial charge in [-0.3, -0.25) is 4.79 Å². The summed E-state index contributed by atoms with van der Waals surface area (Å²) in [7, 11) is 0. The molecule has 1 heterocycles. The molecule has 98 valence electrons. The SMILES string of the molecule is C/C(=N\NC(=O)Cc1cccs1)c1ccc(F)cc1. The van der Waals surface area contributed by atoms with Gasteiger partial charge in [0, 0.05) is 4.88 Å². The van der Waals surface area contributed by atoms with Gasteiger partial charge >= 0.3 is 0 Å². The third-order valence-electron chi connectivity index (χ3n) is 2.53. The molecule has 0 aliphatic rings. The van der Waals surface area contributed by atoms with Crippen LogP contribution in [0.1, 0.15) is 17.4 Å². The molecule has 1 amide bonds. The Bertz CT molecular complexity index is 576. The summed E-state index contributed by atoms with van der Waals surface area (Å²) in [5.41, 5.74) is 3.91. The Morgan fingerprint density at radius 1 is 1.32 bits per heavy atom. The van der Waals surface area contributed by atoms with E-state index in [4.69, 9.17) is 0 Å². The predicted molar refractivity (Wildman–Crippen MR) is 74.8 cm³/mol. The molecular weight excluding hydrogens is 263 g/mol. The quantitative estimate of drug-likeness (QED) is 0.677. The highest BCUT2D eigenvalue weighted by Gasteiger charge is 2.04. The van der Waals surface area contributed by atoms with Gasteiger partial charge in [0.05, 0.1) is 12.1 Å². The van der Waals surface area contributed by atoms with Gasteiger partial charge in [0.2, 0.25) is 5.91 Å². The number of hydrogen-bond acceptors (Lipinski definition) is 3. The predicted octanol–water partition coefficient (Wildman–Crippen LogP) is 2.97. The topological polar surface area (TPSA) is 41.5 Å². The van der Waals surface area contributed by atoms with Crippen LogP contribution in [0.15, 0.2) is 46.9 Å². The van der Waals surface area contributed by atoms with Crippen molar-refractivity contribution in [1.82, 2.24) is 5.43 Å². The van der Waals surface area contributed by atoms with Crippen molar-refractivity contribution in [2.24, 2.45) is 5.10 Å². The number of amides is 1. The molecule has 1 aromatic carbocycles. The van der Waals surface area contributed by atoms with E-state index in [0.717, 1.165) is 10.4 Å². The van der Waals surface area contributed by atoms with Gasteiger partial charge in [0.1, 0.15) is 5.82 Å². The highest BCUT2D eigenvalue weighted by molar-refractivity contribution is 7.10. The van der Waals surface area contributed by atoms with Crippen LogP contribution >= 0.6 is 11.3 Å². The first kappa shape index (κ1) is 13.4. The Kier molecular flexibility index (Phi) is 4.41. The summed E-state index contributed by atoms with van der Waals surface area (Å²) in [6.07, 6.45) is 0.317. The van der Waals surface area contributed by atoms with Crippen molar-refractivity contribution < 1.29 is 9.18 Å². The van der Waals surface area contributed by atoms with E-state index in [0.29, 0.717) is 12.1 Å². The zero-order valence-electron chi connectivity index (χ0n) is 10.4. The minimum absolute atomic E-state index is 0.163. The van der Waals surface area contributed by atoms with Crippen LogP contribution in [0, 0.1) is 5.82 Å². The molecule has 3 nitrogen and oxygen atoms in total. The van der Waals surface area contributed by atoms with Gasteiger partial charge in [-0.15, -0.1) is 11.3 Å². The van der Waals surface area contributed by atoms with Crippen molar-refractivity contribution in [3.05, 3.63) is 58.0 Å². The number of halogens is 1. The molecule has 0 radical (unpaired) electrons. The average Bonchev–Trinajstić information content (AvgIpc) is 2.89. The Morgan fingerprint density at radius 3 is 2.68 bits per heavy atom. The Labute approximate surface area is 114 Å². The van der Waals surface area contributed by atoms with Gasteiger partial charge in [-0.2, -0.15) is 5.10 Å². The monoisotopic (exact) mass is 276 g/mol. The number of hydrazone groups is 1. The molecule has 0 aliphatic heterocycles. The number of rotatable bonds is 4. The lowest BCUT2D eigenvalue weighted by atomic mass is 10.1. The van der Waals surface area contributed by atoms with Crippen LogP contribution in [0.25, 0.3) is 0 Å². The van der Waals surface area contributed by atoms with Gasteiger partial charge in [-0.05, 0) is 36.1 Å². The number of thiophene rings is 1. The number of nitrogens with one attached hydrogen (secondary N) is 1. The molecule has 0 bridgehead atoms. The van der Waals surface area contributed by atoms with Crippen molar-refractivity contribution in [2.45, 2.75) is 13.3 Å². The van der Waals surface area contributed by atoms with E-state index in [1.807, 2.05) is 17.5 Å². The highest BCUT2D eigenvalue weighted by Crippen LogP contribution is 2.09. The van der Waals surface area contributed by atoms with Crippen LogP contribution in [0.2, 0.25) is 0 Å². The molecule has 2 aromatic rings. The second-order valence-corrected chi connectivity index (χ2v) is 5.03. The van der Waals surface area contributed by atoms with Gasteiger partial charge in [-0.25, -0.2) is 9.82 Å². The summed E-state index contributed by atoms with van der Waals surface area (Å²) in [6, 6.07) is 9.78. The lowest BCUT2D eigenvalue weighted by Gasteiger charge is -2.02. The fourth-order valence-electron chi connectivity index (χ4n) is 1.51. The summed E-state index contributed by atoms with van der Waals surface area (Å²) < 4.78 is 12.8. The fourth-order valence-corrected chi connectivity index (χ4v) is 2.22. The summed E-state index contributed by atoms with van der Waals surface area (Å²) >= 11 is 1.53. The molecule has 0 aliphatic carbocycles. The highest BCUT2D eigenvalue weighted by atomic mass is 32.1. The minimum Gasteiger partial charge on any atom is -0.273 e. The van der Waals surface area contributed by atoms with Gasteiger partial charge < -0.3 is 0 Å². The zero-order valence-corrected chi connectivity index (χ0v) is 11.2. The minimum atomic E-state index is -0.293. The third-order valence-corrected chi connectivity index (χ3v) is 3.40. The fraction of sp³-hybridized carbons (Fsp3) is 0.143. The van der Waals surface area contributed by atoms with E-state index in [9.17, 15) is 9.18 Å². The number of carbonyl (C=O) groups is 1. The molecule has 5 heteroatoms. The van der Waals surface area contributed by atoms with E-state index in [1.54, 1.807) is 19.1 Å². The van der Waals surface area contributed by atoms with E-state index in [2.05, 4.69) is 10.5 Å². The molecule has 0 spiro atoms. The molecule has 0 unspecified atom stereocenters. The molecule has 1 aromatic heterocycles. The Balaban J connectivity index is 1.94. The lowest BCUT2D eigenvalue weighted by Crippen LogP contribution is -2.20. The second-order valence-electron chi connectivity index (χ2n) is 4.00. The van der Waals surface area contributed by atoms with Gasteiger partial charge in [-0.1, -0.05) is 18.2 Å². The van der Waals surface area contributed by atoms with Crippen molar-refractivity contribution in [2.75, 3.05) is 0 Å². The standard InChI is InChI=1S/C14H13FN2OS/c1-10(11-4-6-12(15)7-5-11)16-17-14(18)9-13-3-2-8-19-13/h2-8H,9H2,1H3,(H,17,18)/b16-10+. The first-order chi connectivity index (χ1) is 9.15. The van der Waals surface area contributed by atoms with Crippen LogP contribution < -0.4 is 5.43 Å². The molecule has 0 saturated carbocycles. The summed E-state index contributed by atoms with van der Waals surface area (Å²) in [5.74, 6) is -0.456. The second kappa shape index (κ2) is 6.24. The van der Waals surface area contributed by atoms with Crippen LogP contribution in [-0.2, 0) is 11.2 Å². The summed E-state index contributed by atoms with van der Waals surface area (Å²) in [6.45, 7) is 1.76. The van der Waals surface area contributed by atoms with Crippen LogP contribution in [0.3, 0.4) is 0 Å². The van der Waals surface area contributed by atoms with E-state index in [-0.39, 0.29) is 11.7 Å². The third kappa shape index (κ3) is 3.99. The molecule has 1 N–H and O–H groups in total. The smallest absolute Gasteiger partial charge is 0.245 e. The van der Waals surface area contributed by atoms with Crippen LogP contribution in [0.4, 0.5) is 4.39 Å². The average molecular weight is 276 g/mol. The molecule has 0 atom stereocenters. The lowest BCUT2D eigenvalue weighted by molar-refractivity contribution is -0.120. The maximum absolute atomic E-state index is 12.8. The van der Waals surface area contributed by atoms with E-state index in [1.165, 1.54) is 23.5 Å². The number of hydrogen-bond donors (Lipinski definition) is 1. The van der Waals surface area contributed by atoms with Crippen LogP contribution in [-0.4, -0.2) is 11.6 Å². The Morgan fingerprint density at radius 2 is 2.05 bits per heavy atom. The van der Waals surface area contributed by atoms with E-state index < -0.39 is 0 Å². The van der Waals surface area contributed by atoms with Crippen molar-refractivity contribution >= 4 is 23.0 Å². The first-order valence-electron chi connectivity index (χ1n) is 5.76. The van der Waals surface area contributed by atoms with Gasteiger partial charge in [0.15, 0.2) is 0 Å². The van der Waals surface area contributed by atoms with Crippen LogP contribution in [0.5, 0.6) is 0 Å². The maximum Gasteiger partial charge on any atom is 0.245 e. The van der Waals surface area contributed by atoms with Crippen molar-refractivity contribution in [3.63, 3.8) is 0 Å². The number of nitrogens with zero attached hydrogens (tertiary/aromatic N) is 1. The Hall–Kier alpha value is -2.01. The zero-order chi connectivity index (χ0) is 13.7. The van der Waals surface area contributed by atoms with Gasteiger partial charge in [0.25, 0.3) is 0 Å². The number of carbonyl (C=O) groups excluding carboxylic acids is 1. The van der Waals surface area contributed by atoms with Crippen molar-refractivity contribution in [3.8, 4) is 0 Å². The molecule has 2 rings (SSSR count). The molecular formula is C14H13FN2OS. The molecule has 0 saturated heterocycles. The number of benzene rings is 1. The molecule has 19 heavy (non-hydrogen) atoms. The summed E-state index contributed by atoms with van der Waals surface area (Å²) in [5, 5.41) is 5.93. The normalized spacial score (nSPS) is 11.4.